The lowest BCUT2D eigenvalue weighted by Gasteiger charge is -2.29. The van der Waals surface area contributed by atoms with Gasteiger partial charge in [0.05, 0.1) is 16.0 Å². The number of benzene rings is 1. The van der Waals surface area contributed by atoms with E-state index in [2.05, 4.69) is 27.5 Å². The molecule has 148 valence electrons. The molecule has 3 aromatic rings. The van der Waals surface area contributed by atoms with Crippen molar-refractivity contribution in [3.63, 3.8) is 0 Å². The molecule has 0 amide bonds. The first-order chi connectivity index (χ1) is 13.2. The summed E-state index contributed by atoms with van der Waals surface area (Å²) in [6.45, 7) is 3.61. The van der Waals surface area contributed by atoms with Gasteiger partial charge in [0.1, 0.15) is 11.3 Å². The fourth-order valence-electron chi connectivity index (χ4n) is 3.94. The van der Waals surface area contributed by atoms with Crippen molar-refractivity contribution in [2.75, 3.05) is 20.1 Å². The van der Waals surface area contributed by atoms with Crippen LogP contribution in [0.1, 0.15) is 35.4 Å². The molecule has 2 aromatic heterocycles. The van der Waals surface area contributed by atoms with Gasteiger partial charge < -0.3 is 10.0 Å². The molecule has 0 aliphatic carbocycles. The molecule has 1 aliphatic rings. The summed E-state index contributed by atoms with van der Waals surface area (Å²) in [6.07, 6.45) is -2.26. The summed E-state index contributed by atoms with van der Waals surface area (Å²) in [7, 11) is 2.11. The van der Waals surface area contributed by atoms with Crippen molar-refractivity contribution in [1.82, 2.24) is 15.1 Å². The van der Waals surface area contributed by atoms with Gasteiger partial charge in [0.2, 0.25) is 0 Å². The van der Waals surface area contributed by atoms with Crippen LogP contribution in [0.15, 0.2) is 23.6 Å². The maximum absolute atomic E-state index is 13.0. The molecule has 1 N–H and O–H groups in total. The largest absolute Gasteiger partial charge is 0.507 e. The minimum atomic E-state index is -4.51. The van der Waals surface area contributed by atoms with E-state index in [1.165, 1.54) is 12.5 Å². The van der Waals surface area contributed by atoms with Crippen molar-refractivity contribution < 1.29 is 18.3 Å². The van der Waals surface area contributed by atoms with E-state index < -0.39 is 17.5 Å². The van der Waals surface area contributed by atoms with Crippen LogP contribution in [0.25, 0.3) is 21.5 Å². The normalized spacial score (nSPS) is 18.7. The number of phenols is 1. The Morgan fingerprint density at radius 2 is 2.00 bits per heavy atom. The molecule has 0 unspecified atom stereocenters. The third kappa shape index (κ3) is 3.46. The zero-order valence-electron chi connectivity index (χ0n) is 15.5. The van der Waals surface area contributed by atoms with E-state index in [1.54, 1.807) is 17.4 Å². The van der Waals surface area contributed by atoms with E-state index in [1.807, 2.05) is 0 Å². The second kappa shape index (κ2) is 7.00. The average molecular weight is 407 g/mol. The highest BCUT2D eigenvalue weighted by Gasteiger charge is 2.32. The zero-order valence-corrected chi connectivity index (χ0v) is 16.4. The van der Waals surface area contributed by atoms with Gasteiger partial charge in [0.15, 0.2) is 0 Å². The Morgan fingerprint density at radius 1 is 1.21 bits per heavy atom. The highest BCUT2D eigenvalue weighted by molar-refractivity contribution is 7.17. The van der Waals surface area contributed by atoms with Gasteiger partial charge in [-0.1, -0.05) is 0 Å². The monoisotopic (exact) mass is 407 g/mol. The summed E-state index contributed by atoms with van der Waals surface area (Å²) in [6, 6.07) is 3.57. The summed E-state index contributed by atoms with van der Waals surface area (Å²) >= 11 is 1.55. The molecule has 4 nitrogen and oxygen atoms in total. The van der Waals surface area contributed by atoms with Crippen LogP contribution in [0.3, 0.4) is 0 Å². The van der Waals surface area contributed by atoms with Crippen molar-refractivity contribution in [3.8, 4) is 17.0 Å². The Kier molecular flexibility index (Phi) is 4.79. The number of likely N-dealkylation sites (tertiary alicyclic amines) is 1. The Labute approximate surface area is 164 Å². The van der Waals surface area contributed by atoms with Crippen molar-refractivity contribution in [3.05, 3.63) is 40.3 Å². The average Bonchev–Trinajstić information content (AvgIpc) is 3.03. The number of hydrogen-bond donors (Lipinski definition) is 1. The molecule has 1 aromatic carbocycles. The Morgan fingerprint density at radius 3 is 2.68 bits per heavy atom. The smallest absolute Gasteiger partial charge is 0.416 e. The molecule has 0 radical (unpaired) electrons. The molecule has 1 saturated heterocycles. The number of thiophene rings is 1. The minimum absolute atomic E-state index is 0.287. The second-order valence-electron chi connectivity index (χ2n) is 7.42. The fourth-order valence-corrected chi connectivity index (χ4v) is 4.95. The first-order valence-electron chi connectivity index (χ1n) is 9.08. The van der Waals surface area contributed by atoms with Gasteiger partial charge in [0, 0.05) is 12.1 Å². The number of likely N-dealkylation sites (N-methyl/N-ethyl adjacent to an activating group) is 1. The number of phenolic OH excluding ortho intramolecular Hbond substituents is 1. The first kappa shape index (κ1) is 19.1. The molecule has 0 spiro atoms. The number of piperidine rings is 1. The second-order valence-corrected chi connectivity index (χ2v) is 8.33. The molecule has 1 aliphatic heterocycles. The van der Waals surface area contributed by atoms with Crippen LogP contribution in [0.2, 0.25) is 0 Å². The third-order valence-electron chi connectivity index (χ3n) is 5.31. The number of halogens is 3. The van der Waals surface area contributed by atoms with Gasteiger partial charge in [-0.25, -0.2) is 0 Å². The lowest BCUT2D eigenvalue weighted by atomic mass is 9.92. The van der Waals surface area contributed by atoms with Crippen LogP contribution in [0, 0.1) is 6.92 Å². The number of aryl methyl sites for hydroxylation is 1. The van der Waals surface area contributed by atoms with E-state index >= 15 is 0 Å². The van der Waals surface area contributed by atoms with Gasteiger partial charge >= 0.3 is 6.18 Å². The van der Waals surface area contributed by atoms with Gasteiger partial charge in [-0.2, -0.15) is 13.2 Å². The van der Waals surface area contributed by atoms with Gasteiger partial charge in [-0.15, -0.1) is 21.5 Å². The molecule has 4 rings (SSSR count). The third-order valence-corrected chi connectivity index (χ3v) is 6.24. The predicted molar refractivity (Wildman–Crippen MR) is 104 cm³/mol. The van der Waals surface area contributed by atoms with Gasteiger partial charge in [-0.05, 0) is 74.0 Å². The zero-order chi connectivity index (χ0) is 20.1. The van der Waals surface area contributed by atoms with Gasteiger partial charge in [0.25, 0.3) is 0 Å². The number of fused-ring (bicyclic) bond motifs is 1. The van der Waals surface area contributed by atoms with E-state index in [9.17, 15) is 18.3 Å². The lowest BCUT2D eigenvalue weighted by Crippen LogP contribution is -2.30. The van der Waals surface area contributed by atoms with Crippen molar-refractivity contribution >= 4 is 21.6 Å². The molecule has 0 bridgehead atoms. The maximum atomic E-state index is 13.0. The highest BCUT2D eigenvalue weighted by atomic mass is 32.1. The summed E-state index contributed by atoms with van der Waals surface area (Å²) in [4.78, 5) is 2.31. The number of rotatable bonds is 2. The maximum Gasteiger partial charge on any atom is 0.416 e. The van der Waals surface area contributed by atoms with Gasteiger partial charge in [-0.3, -0.25) is 0 Å². The van der Waals surface area contributed by atoms with E-state index in [4.69, 9.17) is 0 Å². The van der Waals surface area contributed by atoms with E-state index in [-0.39, 0.29) is 5.56 Å². The number of aromatic hydroxyl groups is 1. The molecule has 28 heavy (non-hydrogen) atoms. The first-order valence-corrected chi connectivity index (χ1v) is 9.96. The standard InChI is InChI=1S/C20H20F3N3OS/c1-11-6-13(20(21,22)23)7-16(27)18(11)15-8-17-19(25-24-15)14(10-28-17)12-4-3-5-26(2)9-12/h6-8,10,12,27H,3-5,9H2,1-2H3/t12-/m0/s1. The van der Waals surface area contributed by atoms with Crippen LogP contribution in [-0.4, -0.2) is 40.3 Å². The Hall–Kier alpha value is -2.19. The molecule has 8 heteroatoms. The SMILES string of the molecule is Cc1cc(C(F)(F)F)cc(O)c1-c1cc2scc([C@H]3CCCN(C)C3)c2nn1. The number of aromatic nitrogens is 2. The predicted octanol–water partition coefficient (Wildman–Crippen LogP) is 5.20. The van der Waals surface area contributed by atoms with Crippen molar-refractivity contribution in [1.29, 1.82) is 0 Å². The Bertz CT molecular complexity index is 1010. The molecule has 0 saturated carbocycles. The summed E-state index contributed by atoms with van der Waals surface area (Å²) in [5.41, 5.74) is 2.13. The van der Waals surface area contributed by atoms with Crippen LogP contribution in [0.5, 0.6) is 5.75 Å². The molecular formula is C20H20F3N3OS. The summed E-state index contributed by atoms with van der Waals surface area (Å²) < 4.78 is 39.8. The van der Waals surface area contributed by atoms with Crippen LogP contribution in [0.4, 0.5) is 13.2 Å². The summed E-state index contributed by atoms with van der Waals surface area (Å²) in [5, 5.41) is 21.0. The van der Waals surface area contributed by atoms with Crippen LogP contribution < -0.4 is 0 Å². The number of alkyl halides is 3. The van der Waals surface area contributed by atoms with Crippen LogP contribution in [-0.2, 0) is 6.18 Å². The fraction of sp³-hybridized carbons (Fsp3) is 0.400. The summed E-state index contributed by atoms with van der Waals surface area (Å²) in [5.74, 6) is -0.0273. The highest BCUT2D eigenvalue weighted by Crippen LogP contribution is 2.40. The van der Waals surface area contributed by atoms with E-state index in [0.717, 1.165) is 48.3 Å². The number of hydrogen-bond acceptors (Lipinski definition) is 5. The van der Waals surface area contributed by atoms with E-state index in [0.29, 0.717) is 17.2 Å². The topological polar surface area (TPSA) is 49.2 Å². The number of nitrogens with zero attached hydrogens (tertiary/aromatic N) is 3. The molecule has 1 atom stereocenters. The van der Waals surface area contributed by atoms with Crippen molar-refractivity contribution in [2.45, 2.75) is 31.9 Å². The quantitative estimate of drug-likeness (QED) is 0.634. The van der Waals surface area contributed by atoms with Crippen LogP contribution >= 0.6 is 11.3 Å². The van der Waals surface area contributed by atoms with Crippen molar-refractivity contribution in [2.24, 2.45) is 0 Å². The minimum Gasteiger partial charge on any atom is -0.507 e. The molecule has 3 heterocycles. The Balaban J connectivity index is 1.73. The molecule has 1 fully saturated rings. The molecular weight excluding hydrogens is 387 g/mol. The lowest BCUT2D eigenvalue weighted by molar-refractivity contribution is -0.137.